The quantitative estimate of drug-likeness (QED) is 0.246. The molecule has 0 bridgehead atoms. The minimum Gasteiger partial charge on any atom is -0.342 e. The van der Waals surface area contributed by atoms with Gasteiger partial charge in [0.05, 0.1) is 0 Å². The van der Waals surface area contributed by atoms with Gasteiger partial charge in [-0.15, -0.1) is 0 Å². The van der Waals surface area contributed by atoms with E-state index in [1.165, 1.54) is 51.4 Å². The molecule has 6 heteroatoms. The highest BCUT2D eigenvalue weighted by Crippen LogP contribution is 2.41. The van der Waals surface area contributed by atoms with Crippen LogP contribution < -0.4 is 5.32 Å². The van der Waals surface area contributed by atoms with Gasteiger partial charge in [-0.2, -0.15) is 0 Å². The molecule has 0 aliphatic heterocycles. The van der Waals surface area contributed by atoms with Crippen molar-refractivity contribution in [1.29, 1.82) is 0 Å². The van der Waals surface area contributed by atoms with Gasteiger partial charge in [0.25, 0.3) is 0 Å². The van der Waals surface area contributed by atoms with Crippen molar-refractivity contribution in [2.45, 2.75) is 96.2 Å². The number of hydrogen-bond acceptors (Lipinski definition) is 2. The molecule has 0 fully saturated rings. The normalized spacial score (nSPS) is 12.7. The Bertz CT molecular complexity index is 573. The lowest BCUT2D eigenvalue weighted by molar-refractivity contribution is -0.121. The lowest BCUT2D eigenvalue weighted by atomic mass is 10.1. The number of benzene rings is 1. The Balaban J connectivity index is 2.15. The highest BCUT2D eigenvalue weighted by Gasteiger charge is 2.30. The maximum atomic E-state index is 12.1. The van der Waals surface area contributed by atoms with Gasteiger partial charge in [0, 0.05) is 12.8 Å². The second-order valence-electron chi connectivity index (χ2n) is 7.65. The molecule has 1 aromatic carbocycles. The molecule has 0 aliphatic rings. The molecular formula is C22H38NO4P. The fourth-order valence-electron chi connectivity index (χ4n) is 3.30. The third-order valence-corrected chi connectivity index (χ3v) is 6.14. The van der Waals surface area contributed by atoms with Crippen LogP contribution in [0.1, 0.15) is 89.5 Å². The van der Waals surface area contributed by atoms with E-state index in [0.29, 0.717) is 6.42 Å². The summed E-state index contributed by atoms with van der Waals surface area (Å²) in [5.74, 6) is -1.43. The molecule has 3 N–H and O–H groups in total. The predicted molar refractivity (Wildman–Crippen MR) is 115 cm³/mol. The lowest BCUT2D eigenvalue weighted by Gasteiger charge is -2.20. The maximum absolute atomic E-state index is 12.1. The summed E-state index contributed by atoms with van der Waals surface area (Å²) >= 11 is 0. The molecule has 0 spiro atoms. The number of carbonyl (C=O) groups excluding carboxylic acids is 1. The number of nitrogens with one attached hydrogen (secondary N) is 1. The molecule has 0 aromatic heterocycles. The van der Waals surface area contributed by atoms with E-state index in [4.69, 9.17) is 0 Å². The van der Waals surface area contributed by atoms with E-state index in [9.17, 15) is 19.1 Å². The number of amides is 1. The molecule has 0 heterocycles. The van der Waals surface area contributed by atoms with Crippen molar-refractivity contribution < 1.29 is 19.1 Å². The summed E-state index contributed by atoms with van der Waals surface area (Å²) in [6, 6.07) is 9.09. The molecule has 28 heavy (non-hydrogen) atoms. The van der Waals surface area contributed by atoms with E-state index in [0.717, 1.165) is 24.8 Å². The van der Waals surface area contributed by atoms with Crippen molar-refractivity contribution in [3.8, 4) is 0 Å². The third-order valence-electron chi connectivity index (χ3n) is 5.01. The topological polar surface area (TPSA) is 86.6 Å². The zero-order valence-corrected chi connectivity index (χ0v) is 18.2. The van der Waals surface area contributed by atoms with Crippen LogP contribution >= 0.6 is 7.60 Å². The molecule has 1 amide bonds. The van der Waals surface area contributed by atoms with Gasteiger partial charge in [0.15, 0.2) is 0 Å². The van der Waals surface area contributed by atoms with Gasteiger partial charge in [0.1, 0.15) is 5.78 Å². The van der Waals surface area contributed by atoms with Crippen molar-refractivity contribution in [2.24, 2.45) is 0 Å². The molecule has 1 unspecified atom stereocenters. The van der Waals surface area contributed by atoms with E-state index in [1.807, 2.05) is 18.2 Å². The molecule has 0 saturated heterocycles. The maximum Gasteiger partial charge on any atom is 0.347 e. The number of hydrogen-bond donors (Lipinski definition) is 3. The standard InChI is InChI=1S/C22H38NO4P/c1-2-3-4-5-6-7-8-9-10-11-15-18-21(24)23-22(28(25,26)27)19-20-16-13-12-14-17-20/h12-14,16-17,22H,2-11,15,18-19H2,1H3,(H,23,24)(H2,25,26,27). The van der Waals surface area contributed by atoms with Crippen LogP contribution in [-0.2, 0) is 15.8 Å². The molecule has 160 valence electrons. The number of unbranched alkanes of at least 4 members (excludes halogenated alkanes) is 10. The van der Waals surface area contributed by atoms with Crippen molar-refractivity contribution in [1.82, 2.24) is 5.32 Å². The average molecular weight is 412 g/mol. The third kappa shape index (κ3) is 12.3. The van der Waals surface area contributed by atoms with Gasteiger partial charge in [-0.05, 0) is 12.0 Å². The summed E-state index contributed by atoms with van der Waals surface area (Å²) in [7, 11) is -4.40. The second-order valence-corrected chi connectivity index (χ2v) is 9.45. The lowest BCUT2D eigenvalue weighted by Crippen LogP contribution is -2.36. The molecule has 0 aliphatic carbocycles. The predicted octanol–water partition coefficient (Wildman–Crippen LogP) is 5.55. The van der Waals surface area contributed by atoms with E-state index < -0.39 is 13.4 Å². The average Bonchev–Trinajstić information content (AvgIpc) is 2.65. The smallest absolute Gasteiger partial charge is 0.342 e. The Morgan fingerprint density at radius 2 is 1.39 bits per heavy atom. The first kappa shape index (κ1) is 24.9. The van der Waals surface area contributed by atoms with E-state index in [-0.39, 0.29) is 12.3 Å². The summed E-state index contributed by atoms with van der Waals surface area (Å²) in [6.07, 6.45) is 13.7. The molecule has 1 atom stereocenters. The Labute approximate surface area is 170 Å². The van der Waals surface area contributed by atoms with Crippen LogP contribution in [0.4, 0.5) is 0 Å². The molecular weight excluding hydrogens is 373 g/mol. The minimum absolute atomic E-state index is 0.134. The fraction of sp³-hybridized carbons (Fsp3) is 0.682. The van der Waals surface area contributed by atoms with Crippen LogP contribution in [-0.4, -0.2) is 21.5 Å². The van der Waals surface area contributed by atoms with Crippen LogP contribution in [0.25, 0.3) is 0 Å². The van der Waals surface area contributed by atoms with E-state index >= 15 is 0 Å². The fourth-order valence-corrected chi connectivity index (χ4v) is 4.06. The zero-order chi connectivity index (χ0) is 20.7. The Kier molecular flexibility index (Phi) is 13.1. The van der Waals surface area contributed by atoms with Crippen LogP contribution in [0.15, 0.2) is 30.3 Å². The molecule has 5 nitrogen and oxygen atoms in total. The first-order chi connectivity index (χ1) is 13.4. The van der Waals surface area contributed by atoms with Gasteiger partial charge in [-0.3, -0.25) is 9.36 Å². The van der Waals surface area contributed by atoms with E-state index in [2.05, 4.69) is 12.2 Å². The first-order valence-electron chi connectivity index (χ1n) is 10.8. The molecule has 0 saturated carbocycles. The second kappa shape index (κ2) is 14.8. The number of rotatable bonds is 16. The highest BCUT2D eigenvalue weighted by molar-refractivity contribution is 7.52. The summed E-state index contributed by atoms with van der Waals surface area (Å²) in [6.45, 7) is 2.23. The Morgan fingerprint density at radius 3 is 1.89 bits per heavy atom. The van der Waals surface area contributed by atoms with Crippen molar-refractivity contribution >= 4 is 13.5 Å². The molecule has 0 radical (unpaired) electrons. The monoisotopic (exact) mass is 411 g/mol. The Hall–Kier alpha value is -1.16. The van der Waals surface area contributed by atoms with Crippen LogP contribution in [0, 0.1) is 0 Å². The summed E-state index contributed by atoms with van der Waals surface area (Å²) in [4.78, 5) is 31.2. The van der Waals surface area contributed by atoms with Crippen LogP contribution in [0.2, 0.25) is 0 Å². The number of carbonyl (C=O) groups is 1. The van der Waals surface area contributed by atoms with Crippen molar-refractivity contribution in [3.05, 3.63) is 35.9 Å². The zero-order valence-electron chi connectivity index (χ0n) is 17.3. The van der Waals surface area contributed by atoms with Gasteiger partial charge < -0.3 is 15.1 Å². The highest BCUT2D eigenvalue weighted by atomic mass is 31.2. The van der Waals surface area contributed by atoms with Crippen molar-refractivity contribution in [3.63, 3.8) is 0 Å². The minimum atomic E-state index is -4.40. The largest absolute Gasteiger partial charge is 0.347 e. The first-order valence-corrected chi connectivity index (χ1v) is 12.5. The Morgan fingerprint density at radius 1 is 0.893 bits per heavy atom. The summed E-state index contributed by atoms with van der Waals surface area (Å²) in [5.41, 5.74) is 0.797. The van der Waals surface area contributed by atoms with Crippen LogP contribution in [0.5, 0.6) is 0 Å². The SMILES string of the molecule is CCCCCCCCCCCCCC(=O)NC(Cc1ccccc1)P(=O)(O)O. The van der Waals surface area contributed by atoms with E-state index in [1.54, 1.807) is 12.1 Å². The van der Waals surface area contributed by atoms with Gasteiger partial charge in [-0.1, -0.05) is 101 Å². The van der Waals surface area contributed by atoms with Crippen LogP contribution in [0.3, 0.4) is 0 Å². The van der Waals surface area contributed by atoms with Gasteiger partial charge in [-0.25, -0.2) is 0 Å². The summed E-state index contributed by atoms with van der Waals surface area (Å²) in [5, 5.41) is 2.54. The molecule has 1 aromatic rings. The summed E-state index contributed by atoms with van der Waals surface area (Å²) < 4.78 is 11.7. The van der Waals surface area contributed by atoms with Crippen molar-refractivity contribution in [2.75, 3.05) is 0 Å². The van der Waals surface area contributed by atoms with Gasteiger partial charge >= 0.3 is 7.60 Å². The van der Waals surface area contributed by atoms with Gasteiger partial charge in [0.2, 0.25) is 5.91 Å². The molecule has 1 rings (SSSR count).